The van der Waals surface area contributed by atoms with Gasteiger partial charge in [-0.3, -0.25) is 0 Å². The van der Waals surface area contributed by atoms with Crippen molar-refractivity contribution in [2.45, 2.75) is 115 Å². The van der Waals surface area contributed by atoms with Crippen molar-refractivity contribution >= 4 is 11.9 Å². The fourth-order valence-electron chi connectivity index (χ4n) is 4.62. The van der Waals surface area contributed by atoms with E-state index in [1.807, 2.05) is 0 Å². The van der Waals surface area contributed by atoms with Gasteiger partial charge in [0.2, 0.25) is 0 Å². The Labute approximate surface area is 167 Å². The van der Waals surface area contributed by atoms with Crippen LogP contribution in [-0.4, -0.2) is 30.1 Å². The molecule has 0 heterocycles. The third-order valence-electron chi connectivity index (χ3n) is 6.28. The minimum Gasteiger partial charge on any atom is -0.420 e. The van der Waals surface area contributed by atoms with E-state index in [4.69, 9.17) is 9.47 Å². The fraction of sp³-hybridized carbons (Fsp3) is 0.909. The maximum atomic E-state index is 14.0. The summed E-state index contributed by atoms with van der Waals surface area (Å²) >= 11 is 0. The van der Waals surface area contributed by atoms with Crippen LogP contribution < -0.4 is 0 Å². The number of hydrogen-bond donors (Lipinski definition) is 0. The van der Waals surface area contributed by atoms with Crippen LogP contribution in [0, 0.1) is 11.8 Å². The van der Waals surface area contributed by atoms with E-state index in [9.17, 15) is 18.4 Å². The zero-order chi connectivity index (χ0) is 20.6. The molecule has 6 heteroatoms. The van der Waals surface area contributed by atoms with Crippen molar-refractivity contribution in [3.63, 3.8) is 0 Å². The lowest BCUT2D eigenvalue weighted by Crippen LogP contribution is -2.47. The van der Waals surface area contributed by atoms with Gasteiger partial charge in [0, 0.05) is 12.8 Å². The second-order valence-electron chi connectivity index (χ2n) is 8.50. The van der Waals surface area contributed by atoms with E-state index in [1.165, 1.54) is 32.1 Å². The maximum absolute atomic E-state index is 14.0. The first-order valence-corrected chi connectivity index (χ1v) is 11.1. The first kappa shape index (κ1) is 23.1. The van der Waals surface area contributed by atoms with Crippen LogP contribution in [0.25, 0.3) is 0 Å². The molecular weight excluding hydrogens is 366 g/mol. The second kappa shape index (κ2) is 11.1. The molecule has 0 radical (unpaired) electrons. The van der Waals surface area contributed by atoms with E-state index < -0.39 is 30.1 Å². The van der Waals surface area contributed by atoms with Gasteiger partial charge in [-0.25, -0.2) is 18.4 Å². The Morgan fingerprint density at radius 1 is 0.821 bits per heavy atom. The molecule has 0 aromatic carbocycles. The third kappa shape index (κ3) is 6.41. The molecule has 2 rings (SSSR count). The zero-order valence-corrected chi connectivity index (χ0v) is 17.4. The summed E-state index contributed by atoms with van der Waals surface area (Å²) in [5, 5.41) is 0. The van der Waals surface area contributed by atoms with E-state index in [1.54, 1.807) is 13.8 Å². The molecule has 28 heavy (non-hydrogen) atoms. The Kier molecular flexibility index (Phi) is 9.16. The third-order valence-corrected chi connectivity index (χ3v) is 6.28. The summed E-state index contributed by atoms with van der Waals surface area (Å²) in [7, 11) is 0. The molecule has 0 amide bonds. The monoisotopic (exact) mass is 402 g/mol. The number of esters is 2. The minimum absolute atomic E-state index is 0.0646. The predicted octanol–water partition coefficient (Wildman–Crippen LogP) is 5.82. The molecule has 0 bridgehead atoms. The molecule has 2 fully saturated rings. The van der Waals surface area contributed by atoms with E-state index >= 15 is 0 Å². The standard InChI is InChI=1S/C22H36F2O4/c1-3-8-18(23)20(25)27-22(28-21(26)19(24)9-4-2)14-12-17(13-15-22)16-10-6-5-7-11-16/h16-19H,3-15H2,1-2H3/t18-,19-/m1/s1. The molecule has 0 unspecified atom stereocenters. The zero-order valence-electron chi connectivity index (χ0n) is 17.4. The highest BCUT2D eigenvalue weighted by molar-refractivity contribution is 5.77. The van der Waals surface area contributed by atoms with Gasteiger partial charge in [-0.15, -0.1) is 0 Å². The Morgan fingerprint density at radius 2 is 1.25 bits per heavy atom. The number of carbonyl (C=O) groups excluding carboxylic acids is 2. The summed E-state index contributed by atoms with van der Waals surface area (Å²) < 4.78 is 38.8. The average Bonchev–Trinajstić information content (AvgIpc) is 2.69. The Morgan fingerprint density at radius 3 is 1.68 bits per heavy atom. The molecule has 0 aliphatic heterocycles. The van der Waals surface area contributed by atoms with Crippen molar-refractivity contribution in [3.05, 3.63) is 0 Å². The molecule has 0 saturated heterocycles. The molecule has 0 aromatic rings. The molecule has 2 aliphatic rings. The van der Waals surface area contributed by atoms with Gasteiger partial charge in [0.05, 0.1) is 0 Å². The average molecular weight is 403 g/mol. The first-order valence-electron chi connectivity index (χ1n) is 11.1. The highest BCUT2D eigenvalue weighted by Crippen LogP contribution is 2.43. The summed E-state index contributed by atoms with van der Waals surface area (Å²) in [5.74, 6) is -2.37. The van der Waals surface area contributed by atoms with Gasteiger partial charge >= 0.3 is 11.9 Å². The van der Waals surface area contributed by atoms with Crippen LogP contribution in [-0.2, 0) is 19.1 Å². The molecule has 162 valence electrons. The normalized spacial score (nSPS) is 23.0. The Bertz CT molecular complexity index is 469. The lowest BCUT2D eigenvalue weighted by atomic mass is 9.72. The summed E-state index contributed by atoms with van der Waals surface area (Å²) in [4.78, 5) is 24.4. The number of ether oxygens (including phenoxy) is 2. The van der Waals surface area contributed by atoms with Crippen LogP contribution in [0.15, 0.2) is 0 Å². The van der Waals surface area contributed by atoms with E-state index in [2.05, 4.69) is 0 Å². The number of halogens is 2. The highest BCUT2D eigenvalue weighted by atomic mass is 19.1. The molecule has 2 saturated carbocycles. The van der Waals surface area contributed by atoms with E-state index in [0.717, 1.165) is 12.8 Å². The van der Waals surface area contributed by atoms with Crippen LogP contribution in [0.5, 0.6) is 0 Å². The molecule has 4 nitrogen and oxygen atoms in total. The predicted molar refractivity (Wildman–Crippen MR) is 103 cm³/mol. The first-order chi connectivity index (χ1) is 13.4. The number of hydrogen-bond acceptors (Lipinski definition) is 4. The van der Waals surface area contributed by atoms with Crippen molar-refractivity contribution in [3.8, 4) is 0 Å². The molecule has 0 N–H and O–H groups in total. The van der Waals surface area contributed by atoms with Crippen molar-refractivity contribution in [2.24, 2.45) is 11.8 Å². The summed E-state index contributed by atoms with van der Waals surface area (Å²) in [6.45, 7) is 3.56. The van der Waals surface area contributed by atoms with Crippen molar-refractivity contribution in [2.75, 3.05) is 0 Å². The molecule has 2 atom stereocenters. The van der Waals surface area contributed by atoms with E-state index in [0.29, 0.717) is 37.5 Å². The summed E-state index contributed by atoms with van der Waals surface area (Å²) in [6.07, 6.45) is 6.01. The lowest BCUT2D eigenvalue weighted by Gasteiger charge is -2.42. The number of alkyl halides is 2. The second-order valence-corrected chi connectivity index (χ2v) is 8.50. The largest absolute Gasteiger partial charge is 0.420 e. The maximum Gasteiger partial charge on any atom is 0.343 e. The topological polar surface area (TPSA) is 52.6 Å². The van der Waals surface area contributed by atoms with Gasteiger partial charge in [-0.2, -0.15) is 0 Å². The van der Waals surface area contributed by atoms with Gasteiger partial charge in [0.15, 0.2) is 12.3 Å². The number of rotatable bonds is 9. The van der Waals surface area contributed by atoms with Crippen LogP contribution in [0.4, 0.5) is 8.78 Å². The molecular formula is C22H36F2O4. The van der Waals surface area contributed by atoms with Crippen LogP contribution in [0.3, 0.4) is 0 Å². The lowest BCUT2D eigenvalue weighted by molar-refractivity contribution is -0.248. The molecule has 0 aromatic heterocycles. The van der Waals surface area contributed by atoms with Gasteiger partial charge in [0.1, 0.15) is 0 Å². The van der Waals surface area contributed by atoms with Gasteiger partial charge in [-0.1, -0.05) is 58.8 Å². The van der Waals surface area contributed by atoms with Crippen LogP contribution in [0.1, 0.15) is 97.3 Å². The minimum atomic E-state index is -1.74. The van der Waals surface area contributed by atoms with Crippen molar-refractivity contribution < 1.29 is 27.8 Å². The number of carbonyl (C=O) groups is 2. The SMILES string of the molecule is CCC[C@@H](F)C(=O)OC1(OC(=O)[C@H](F)CCC)CCC(C2CCCCC2)CC1. The summed E-state index contributed by atoms with van der Waals surface area (Å²) in [5.41, 5.74) is 0. The fourth-order valence-corrected chi connectivity index (χ4v) is 4.62. The van der Waals surface area contributed by atoms with E-state index in [-0.39, 0.29) is 12.8 Å². The summed E-state index contributed by atoms with van der Waals surface area (Å²) in [6, 6.07) is 0. The Balaban J connectivity index is 2.04. The quantitative estimate of drug-likeness (QED) is 0.360. The molecule has 2 aliphatic carbocycles. The van der Waals surface area contributed by atoms with Gasteiger partial charge < -0.3 is 9.47 Å². The van der Waals surface area contributed by atoms with Crippen molar-refractivity contribution in [1.29, 1.82) is 0 Å². The van der Waals surface area contributed by atoms with Crippen molar-refractivity contribution in [1.82, 2.24) is 0 Å². The highest BCUT2D eigenvalue weighted by Gasteiger charge is 2.46. The Hall–Kier alpha value is -1.20. The van der Waals surface area contributed by atoms with Gasteiger partial charge in [-0.05, 0) is 37.5 Å². The smallest absolute Gasteiger partial charge is 0.343 e. The van der Waals surface area contributed by atoms with Crippen LogP contribution >= 0.6 is 0 Å². The molecule has 0 spiro atoms. The van der Waals surface area contributed by atoms with Crippen LogP contribution in [0.2, 0.25) is 0 Å². The van der Waals surface area contributed by atoms with Gasteiger partial charge in [0.25, 0.3) is 5.79 Å².